The van der Waals surface area contributed by atoms with Gasteiger partial charge in [0.05, 0.1) is 11.8 Å². The predicted octanol–water partition coefficient (Wildman–Crippen LogP) is 4.79. The number of hydrogen-bond acceptors (Lipinski definition) is 5. The van der Waals surface area contributed by atoms with Gasteiger partial charge in [-0.1, -0.05) is 17.3 Å². The van der Waals surface area contributed by atoms with E-state index in [0.29, 0.717) is 28.4 Å². The van der Waals surface area contributed by atoms with Crippen molar-refractivity contribution >= 4 is 34.2 Å². The van der Waals surface area contributed by atoms with Crippen LogP contribution in [0, 0.1) is 9.39 Å². The van der Waals surface area contributed by atoms with Crippen molar-refractivity contribution in [2.75, 3.05) is 5.32 Å². The van der Waals surface area contributed by atoms with Crippen LogP contribution in [0.1, 0.15) is 10.4 Å². The van der Waals surface area contributed by atoms with Crippen molar-refractivity contribution in [2.24, 2.45) is 0 Å². The Bertz CT molecular complexity index is 1130. The number of rotatable bonds is 4. The summed E-state index contributed by atoms with van der Waals surface area (Å²) in [4.78, 5) is 20.6. The van der Waals surface area contributed by atoms with Crippen molar-refractivity contribution < 1.29 is 13.7 Å². The summed E-state index contributed by atoms with van der Waals surface area (Å²) >= 11 is 2.13. The fourth-order valence-corrected chi connectivity index (χ4v) is 3.13. The molecule has 0 radical (unpaired) electrons. The van der Waals surface area contributed by atoms with Crippen molar-refractivity contribution in [2.45, 2.75) is 0 Å². The average Bonchev–Trinajstić information content (AvgIpc) is 3.19. The van der Waals surface area contributed by atoms with E-state index >= 15 is 0 Å². The molecule has 4 aromatic rings. The highest BCUT2D eigenvalue weighted by molar-refractivity contribution is 14.1. The number of halogens is 2. The Morgan fingerprint density at radius 3 is 2.54 bits per heavy atom. The first-order valence-electron chi connectivity index (χ1n) is 8.22. The molecule has 2 aromatic heterocycles. The lowest BCUT2D eigenvalue weighted by Crippen LogP contribution is -2.13. The van der Waals surface area contributed by atoms with Crippen LogP contribution in [0.15, 0.2) is 71.4 Å². The molecule has 0 fully saturated rings. The van der Waals surface area contributed by atoms with E-state index in [1.165, 1.54) is 12.1 Å². The minimum Gasteiger partial charge on any atom is -0.334 e. The molecule has 6 nitrogen and oxygen atoms in total. The van der Waals surface area contributed by atoms with Crippen LogP contribution in [0.2, 0.25) is 0 Å². The fraction of sp³-hybridized carbons (Fsp3) is 0. The first-order chi connectivity index (χ1) is 13.6. The Balaban J connectivity index is 1.50. The number of pyridine rings is 1. The van der Waals surface area contributed by atoms with Crippen LogP contribution in [-0.2, 0) is 0 Å². The Morgan fingerprint density at radius 1 is 1.04 bits per heavy atom. The van der Waals surface area contributed by atoms with E-state index in [-0.39, 0.29) is 11.7 Å². The molecule has 4 rings (SSSR count). The first kappa shape index (κ1) is 18.2. The first-order valence-corrected chi connectivity index (χ1v) is 9.30. The summed E-state index contributed by atoms with van der Waals surface area (Å²) in [5.41, 5.74) is 2.36. The summed E-state index contributed by atoms with van der Waals surface area (Å²) in [6.07, 6.45) is 1.09. The van der Waals surface area contributed by atoms with Crippen LogP contribution in [0.25, 0.3) is 23.0 Å². The Morgan fingerprint density at radius 2 is 1.82 bits per heavy atom. The molecule has 0 saturated heterocycles. The van der Waals surface area contributed by atoms with Gasteiger partial charge in [-0.25, -0.2) is 9.37 Å². The molecule has 0 bridgehead atoms. The molecule has 2 heterocycles. The minimum atomic E-state index is -0.435. The topological polar surface area (TPSA) is 80.9 Å². The second kappa shape index (κ2) is 7.85. The van der Waals surface area contributed by atoms with E-state index in [2.05, 4.69) is 43.0 Å². The second-order valence-corrected chi connectivity index (χ2v) is 6.96. The molecule has 8 heteroatoms. The van der Waals surface area contributed by atoms with Gasteiger partial charge in [-0.3, -0.25) is 4.79 Å². The van der Waals surface area contributed by atoms with Gasteiger partial charge >= 0.3 is 0 Å². The molecule has 0 saturated carbocycles. The van der Waals surface area contributed by atoms with Crippen LogP contribution in [0.3, 0.4) is 0 Å². The maximum Gasteiger partial charge on any atom is 0.258 e. The zero-order chi connectivity index (χ0) is 19.5. The summed E-state index contributed by atoms with van der Waals surface area (Å²) in [6, 6.07) is 17.2. The third-order valence-electron chi connectivity index (χ3n) is 3.89. The van der Waals surface area contributed by atoms with E-state index < -0.39 is 5.82 Å². The summed E-state index contributed by atoms with van der Waals surface area (Å²) < 4.78 is 19.1. The fourth-order valence-electron chi connectivity index (χ4n) is 2.49. The van der Waals surface area contributed by atoms with Gasteiger partial charge in [0.25, 0.3) is 11.8 Å². The summed E-state index contributed by atoms with van der Waals surface area (Å²) in [7, 11) is 0. The molecule has 1 N–H and O–H groups in total. The number of nitrogens with one attached hydrogen (secondary N) is 1. The largest absolute Gasteiger partial charge is 0.334 e. The lowest BCUT2D eigenvalue weighted by Gasteiger charge is -2.07. The highest BCUT2D eigenvalue weighted by atomic mass is 127. The van der Waals surface area contributed by atoms with Crippen LogP contribution >= 0.6 is 22.6 Å². The number of anilines is 1. The van der Waals surface area contributed by atoms with Gasteiger partial charge < -0.3 is 9.84 Å². The Kier molecular flexibility index (Phi) is 5.11. The quantitative estimate of drug-likeness (QED) is 0.420. The molecule has 1 amide bonds. The van der Waals surface area contributed by atoms with Gasteiger partial charge in [-0.2, -0.15) is 4.98 Å². The molecule has 0 unspecified atom stereocenters. The van der Waals surface area contributed by atoms with Crippen LogP contribution in [0.4, 0.5) is 10.1 Å². The lowest BCUT2D eigenvalue weighted by molar-refractivity contribution is 0.102. The maximum absolute atomic E-state index is 13.0. The molecular weight excluding hydrogens is 474 g/mol. The second-order valence-electron chi connectivity index (χ2n) is 5.80. The van der Waals surface area contributed by atoms with Crippen molar-refractivity contribution in [3.8, 4) is 23.0 Å². The molecule has 0 aliphatic carbocycles. The predicted molar refractivity (Wildman–Crippen MR) is 110 cm³/mol. The molecule has 0 aliphatic rings. The highest BCUT2D eigenvalue weighted by Gasteiger charge is 2.13. The van der Waals surface area contributed by atoms with Crippen LogP contribution in [0.5, 0.6) is 0 Å². The molecule has 0 aliphatic heterocycles. The zero-order valence-corrected chi connectivity index (χ0v) is 16.4. The van der Waals surface area contributed by atoms with Gasteiger partial charge in [0, 0.05) is 14.8 Å². The van der Waals surface area contributed by atoms with E-state index in [1.54, 1.807) is 30.3 Å². The zero-order valence-electron chi connectivity index (χ0n) is 14.3. The minimum absolute atomic E-state index is 0.180. The summed E-state index contributed by atoms with van der Waals surface area (Å²) in [6.45, 7) is 0. The van der Waals surface area contributed by atoms with Gasteiger partial charge in [0.2, 0.25) is 5.82 Å². The number of nitrogens with zero attached hydrogens (tertiary/aromatic N) is 3. The Labute approximate surface area is 173 Å². The average molecular weight is 486 g/mol. The number of carbonyl (C=O) groups is 1. The molecule has 0 atom stereocenters. The third-order valence-corrected chi connectivity index (χ3v) is 4.83. The molecule has 138 valence electrons. The van der Waals surface area contributed by atoms with Gasteiger partial charge in [0.15, 0.2) is 0 Å². The molecule has 28 heavy (non-hydrogen) atoms. The van der Waals surface area contributed by atoms with Crippen molar-refractivity contribution in [1.29, 1.82) is 0 Å². The number of aromatic nitrogens is 3. The van der Waals surface area contributed by atoms with E-state index in [0.717, 1.165) is 9.77 Å². The van der Waals surface area contributed by atoms with Crippen molar-refractivity contribution in [3.05, 3.63) is 81.8 Å². The molecule has 2 aromatic carbocycles. The number of benzene rings is 2. The molecular formula is C20H12FIN4O2. The standard InChI is InChI=1S/C20H12FIN4O2/c21-13-7-10-17(23-11-13)18-25-20(28-26-18)12-5-8-14(9-6-12)24-19(27)15-3-1-2-4-16(15)22/h1-11H,(H,24,27). The monoisotopic (exact) mass is 486 g/mol. The van der Waals surface area contributed by atoms with E-state index in [4.69, 9.17) is 4.52 Å². The summed E-state index contributed by atoms with van der Waals surface area (Å²) in [5.74, 6) is -0.0434. The highest BCUT2D eigenvalue weighted by Crippen LogP contribution is 2.23. The van der Waals surface area contributed by atoms with Gasteiger partial charge in [-0.15, -0.1) is 0 Å². The summed E-state index contributed by atoms with van der Waals surface area (Å²) in [5, 5.41) is 6.73. The van der Waals surface area contributed by atoms with E-state index in [9.17, 15) is 9.18 Å². The lowest BCUT2D eigenvalue weighted by atomic mass is 10.2. The van der Waals surface area contributed by atoms with Crippen LogP contribution < -0.4 is 5.32 Å². The SMILES string of the molecule is O=C(Nc1ccc(-c2nc(-c3ccc(F)cn3)no2)cc1)c1ccccc1I. The number of carbonyl (C=O) groups excluding carboxylic acids is 1. The van der Waals surface area contributed by atoms with Gasteiger partial charge in [0.1, 0.15) is 11.5 Å². The third kappa shape index (κ3) is 3.91. The number of amides is 1. The number of hydrogen-bond donors (Lipinski definition) is 1. The molecule has 0 spiro atoms. The normalized spacial score (nSPS) is 10.6. The maximum atomic E-state index is 13.0. The van der Waals surface area contributed by atoms with Crippen molar-refractivity contribution in [3.63, 3.8) is 0 Å². The Hall–Kier alpha value is -3.14. The van der Waals surface area contributed by atoms with Crippen LogP contribution in [-0.4, -0.2) is 21.0 Å². The smallest absolute Gasteiger partial charge is 0.258 e. The van der Waals surface area contributed by atoms with E-state index in [1.807, 2.05) is 18.2 Å². The van der Waals surface area contributed by atoms with Gasteiger partial charge in [-0.05, 0) is 71.1 Å². The van der Waals surface area contributed by atoms with Crippen molar-refractivity contribution in [1.82, 2.24) is 15.1 Å².